The summed E-state index contributed by atoms with van der Waals surface area (Å²) in [5.74, 6) is 1.10. The van der Waals surface area contributed by atoms with Crippen LogP contribution in [0.15, 0.2) is 42.9 Å². The number of halogens is 2. The quantitative estimate of drug-likeness (QED) is 0.218. The van der Waals surface area contributed by atoms with Gasteiger partial charge < -0.3 is 33.8 Å². The molecule has 1 aliphatic heterocycles. The van der Waals surface area contributed by atoms with Gasteiger partial charge in [-0.15, -0.1) is 0 Å². The van der Waals surface area contributed by atoms with Gasteiger partial charge in [0.1, 0.15) is 24.5 Å². The van der Waals surface area contributed by atoms with Crippen molar-refractivity contribution in [3.8, 4) is 17.3 Å². The summed E-state index contributed by atoms with van der Waals surface area (Å²) >= 11 is 0. The number of hydrogen-bond acceptors (Lipinski definition) is 6. The van der Waals surface area contributed by atoms with Gasteiger partial charge in [-0.2, -0.15) is 4.39 Å². The summed E-state index contributed by atoms with van der Waals surface area (Å²) in [6, 6.07) is 8.61. The van der Waals surface area contributed by atoms with Crippen molar-refractivity contribution >= 4 is 34.1 Å². The third-order valence-electron chi connectivity index (χ3n) is 8.82. The summed E-state index contributed by atoms with van der Waals surface area (Å²) in [5, 5.41) is 12.1. The third kappa shape index (κ3) is 5.52. The molecule has 0 spiro atoms. The number of nitrogens with zero attached hydrogens (tertiary/aromatic N) is 7. The van der Waals surface area contributed by atoms with Crippen LogP contribution in [-0.4, -0.2) is 83.1 Å². The number of hydrogen-bond donors (Lipinski definition) is 2. The van der Waals surface area contributed by atoms with Crippen LogP contribution in [0.25, 0.3) is 33.6 Å². The molecule has 240 valence electrons. The van der Waals surface area contributed by atoms with Crippen molar-refractivity contribution in [2.24, 2.45) is 13.0 Å². The fourth-order valence-corrected chi connectivity index (χ4v) is 6.20. The number of nitrogens with one attached hydrogen (secondary N) is 1. The minimum atomic E-state index is -1.34. The molecule has 0 saturated heterocycles. The van der Waals surface area contributed by atoms with Crippen LogP contribution in [0, 0.1) is 11.9 Å². The highest BCUT2D eigenvalue weighted by Gasteiger charge is 2.31. The number of aryl methyl sites for hydroxylation is 1. The Labute approximate surface area is 262 Å². The molecule has 1 aliphatic carbocycles. The minimum absolute atomic E-state index is 0.0732. The molecule has 1 fully saturated rings. The maximum absolute atomic E-state index is 13.5. The first-order chi connectivity index (χ1) is 22.2. The number of ether oxygens (including phenoxy) is 1. The van der Waals surface area contributed by atoms with Crippen molar-refractivity contribution in [1.29, 1.82) is 0 Å². The molecule has 2 atom stereocenters. The Morgan fingerprint density at radius 3 is 2.78 bits per heavy atom. The molecule has 14 heteroatoms. The number of para-hydroxylation sites is 1. The number of carbonyl (C=O) groups excluding carboxylic acids is 1. The zero-order valence-electron chi connectivity index (χ0n) is 25.5. The summed E-state index contributed by atoms with van der Waals surface area (Å²) in [6.45, 7) is 2.37. The number of rotatable bonds is 11. The molecule has 2 amide bonds. The maximum atomic E-state index is 13.5. The molecular weight excluding hydrogens is 598 g/mol. The van der Waals surface area contributed by atoms with Crippen molar-refractivity contribution < 1.29 is 28.2 Å². The number of fused-ring (bicyclic) bond motifs is 3. The monoisotopic (exact) mass is 632 g/mol. The van der Waals surface area contributed by atoms with Crippen LogP contribution in [0.1, 0.15) is 41.9 Å². The molecule has 2 N–H and O–H groups in total. The Bertz CT molecular complexity index is 1960. The van der Waals surface area contributed by atoms with E-state index in [-0.39, 0.29) is 18.5 Å². The van der Waals surface area contributed by atoms with E-state index in [1.54, 1.807) is 10.6 Å². The van der Waals surface area contributed by atoms with Gasteiger partial charge in [0.2, 0.25) is 5.95 Å². The van der Waals surface area contributed by atoms with Gasteiger partial charge in [0, 0.05) is 38.5 Å². The molecule has 46 heavy (non-hydrogen) atoms. The number of amides is 2. The zero-order chi connectivity index (χ0) is 32.1. The van der Waals surface area contributed by atoms with Crippen LogP contribution in [-0.2, 0) is 20.0 Å². The number of alkyl halides is 1. The molecule has 1 saturated carbocycles. The average molecular weight is 633 g/mol. The summed E-state index contributed by atoms with van der Waals surface area (Å²) in [5.41, 5.74) is 4.07. The average Bonchev–Trinajstić information content (AvgIpc) is 3.50. The molecule has 0 bridgehead atoms. The molecule has 5 heterocycles. The highest BCUT2D eigenvalue weighted by atomic mass is 19.1. The van der Waals surface area contributed by atoms with E-state index in [1.807, 2.05) is 36.7 Å². The topological polar surface area (TPSA) is 132 Å². The van der Waals surface area contributed by atoms with Gasteiger partial charge in [-0.1, -0.05) is 12.1 Å². The van der Waals surface area contributed by atoms with Crippen LogP contribution in [0.5, 0.6) is 5.75 Å². The lowest BCUT2D eigenvalue weighted by Crippen LogP contribution is -2.48. The first-order valence-corrected chi connectivity index (χ1v) is 15.4. The number of pyridine rings is 1. The molecule has 2 aliphatic rings. The molecule has 4 aromatic heterocycles. The van der Waals surface area contributed by atoms with E-state index in [1.165, 1.54) is 17.4 Å². The van der Waals surface area contributed by atoms with E-state index in [0.717, 1.165) is 41.7 Å². The molecule has 1 aromatic carbocycles. The summed E-state index contributed by atoms with van der Waals surface area (Å²) in [6.07, 6.45) is 4.21. The predicted molar refractivity (Wildman–Crippen MR) is 165 cm³/mol. The van der Waals surface area contributed by atoms with Crippen molar-refractivity contribution in [1.82, 2.24) is 38.9 Å². The second-order valence-corrected chi connectivity index (χ2v) is 12.2. The summed E-state index contributed by atoms with van der Waals surface area (Å²) in [4.78, 5) is 39.4. The fraction of sp³-hybridized carbons (Fsp3) is 0.406. The van der Waals surface area contributed by atoms with E-state index >= 15 is 0 Å². The number of carbonyl (C=O) groups is 2. The van der Waals surface area contributed by atoms with Gasteiger partial charge in [-0.25, -0.2) is 24.1 Å². The van der Waals surface area contributed by atoms with Gasteiger partial charge in [0.15, 0.2) is 11.5 Å². The Morgan fingerprint density at radius 2 is 2.07 bits per heavy atom. The lowest BCUT2D eigenvalue weighted by molar-refractivity contribution is 0.0712. The first-order valence-electron chi connectivity index (χ1n) is 15.4. The molecule has 7 rings (SSSR count). The number of benzene rings is 1. The van der Waals surface area contributed by atoms with Gasteiger partial charge >= 0.3 is 6.09 Å². The maximum Gasteiger partial charge on any atom is 0.405 e. The van der Waals surface area contributed by atoms with Crippen molar-refractivity contribution in [3.05, 3.63) is 60.1 Å². The van der Waals surface area contributed by atoms with Crippen molar-refractivity contribution in [2.75, 3.05) is 26.4 Å². The van der Waals surface area contributed by atoms with Crippen LogP contribution in [0.4, 0.5) is 13.6 Å². The standard InChI is InChI=1S/C32H34F2N8O4/c1-18(41-15-27(34)35-17-41)16-46-26-5-3-4-20-10-25(42(28(20)26)13-19-6-7-19)30-38-24-11-22-23(37-29(24)39(30)2)8-9-40(31(22)43)14-21(12-33)36-32(44)45/h3-5,10-11,15,17-19,21,36H,6-9,12-14,16H2,1-2H3,(H,44,45). The van der Waals surface area contributed by atoms with E-state index in [4.69, 9.17) is 19.8 Å². The second kappa shape index (κ2) is 11.7. The van der Waals surface area contributed by atoms with Gasteiger partial charge in [0.25, 0.3) is 5.91 Å². The van der Waals surface area contributed by atoms with Crippen LogP contribution >= 0.6 is 0 Å². The van der Waals surface area contributed by atoms with Gasteiger partial charge in [-0.3, -0.25) is 4.79 Å². The Balaban J connectivity index is 1.23. The summed E-state index contributed by atoms with van der Waals surface area (Å²) in [7, 11) is 1.91. The van der Waals surface area contributed by atoms with E-state index in [9.17, 15) is 18.4 Å². The summed E-state index contributed by atoms with van der Waals surface area (Å²) < 4.78 is 39.2. The molecule has 2 unspecified atom stereocenters. The number of imidazole rings is 2. The SMILES string of the molecule is CC(COc1cccc2cc(-c3nc4cc5c(nc4n3C)CCN(CC(CF)NC(=O)O)C5=O)n(CC3CC3)c12)n1cnc(F)c1. The van der Waals surface area contributed by atoms with Crippen molar-refractivity contribution in [3.63, 3.8) is 0 Å². The van der Waals surface area contributed by atoms with Gasteiger partial charge in [0.05, 0.1) is 47.1 Å². The van der Waals surface area contributed by atoms with Crippen LogP contribution in [0.3, 0.4) is 0 Å². The fourth-order valence-electron chi connectivity index (χ4n) is 6.20. The third-order valence-corrected chi connectivity index (χ3v) is 8.82. The largest absolute Gasteiger partial charge is 0.489 e. The van der Waals surface area contributed by atoms with Crippen LogP contribution in [0.2, 0.25) is 0 Å². The molecule has 0 radical (unpaired) electrons. The number of aromatic nitrogens is 6. The highest BCUT2D eigenvalue weighted by molar-refractivity contribution is 5.99. The Morgan fingerprint density at radius 1 is 1.24 bits per heavy atom. The van der Waals surface area contributed by atoms with E-state index in [2.05, 4.69) is 20.9 Å². The van der Waals surface area contributed by atoms with Crippen molar-refractivity contribution in [2.45, 2.75) is 44.8 Å². The van der Waals surface area contributed by atoms with E-state index in [0.29, 0.717) is 53.7 Å². The second-order valence-electron chi connectivity index (χ2n) is 12.2. The lowest BCUT2D eigenvalue weighted by atomic mass is 10.0. The highest BCUT2D eigenvalue weighted by Crippen LogP contribution is 2.39. The lowest BCUT2D eigenvalue weighted by Gasteiger charge is -2.30. The number of carboxylic acid groups (broad SMARTS) is 1. The molecule has 12 nitrogen and oxygen atoms in total. The van der Waals surface area contributed by atoms with E-state index < -0.39 is 24.8 Å². The first kappa shape index (κ1) is 29.7. The predicted octanol–water partition coefficient (Wildman–Crippen LogP) is 4.58. The Kier molecular flexibility index (Phi) is 7.57. The minimum Gasteiger partial charge on any atom is -0.489 e. The Hall–Kier alpha value is -5.01. The zero-order valence-corrected chi connectivity index (χ0v) is 25.5. The van der Waals surface area contributed by atoms with Crippen LogP contribution < -0.4 is 10.1 Å². The molecular formula is C32H34F2N8O4. The smallest absolute Gasteiger partial charge is 0.405 e. The van der Waals surface area contributed by atoms with Gasteiger partial charge in [-0.05, 0) is 43.9 Å². The molecule has 5 aromatic rings. The normalized spacial score (nSPS) is 16.2.